The van der Waals surface area contributed by atoms with Crippen molar-refractivity contribution in [2.45, 2.75) is 45.3 Å². The van der Waals surface area contributed by atoms with Crippen molar-refractivity contribution < 1.29 is 5.11 Å². The summed E-state index contributed by atoms with van der Waals surface area (Å²) in [7, 11) is 0. The lowest BCUT2D eigenvalue weighted by molar-refractivity contribution is 0.00652. The van der Waals surface area contributed by atoms with Crippen molar-refractivity contribution in [2.24, 2.45) is 11.1 Å². The van der Waals surface area contributed by atoms with E-state index in [-0.39, 0.29) is 17.6 Å². The van der Waals surface area contributed by atoms with Gasteiger partial charge >= 0.3 is 0 Å². The zero-order valence-corrected chi connectivity index (χ0v) is 6.80. The third-order valence-corrected chi connectivity index (χ3v) is 2.59. The monoisotopic (exact) mass is 143 g/mol. The van der Waals surface area contributed by atoms with E-state index in [0.29, 0.717) is 0 Å². The van der Waals surface area contributed by atoms with Gasteiger partial charge in [0.05, 0.1) is 6.10 Å². The van der Waals surface area contributed by atoms with E-state index in [0.717, 1.165) is 19.3 Å². The van der Waals surface area contributed by atoms with Crippen LogP contribution in [0, 0.1) is 5.41 Å². The van der Waals surface area contributed by atoms with Crippen LogP contribution in [0.5, 0.6) is 0 Å². The second kappa shape index (κ2) is 2.51. The van der Waals surface area contributed by atoms with E-state index in [1.165, 1.54) is 0 Å². The molecule has 0 spiro atoms. The van der Waals surface area contributed by atoms with Crippen LogP contribution in [0.1, 0.15) is 33.1 Å². The molecule has 10 heavy (non-hydrogen) atoms. The second-order valence-corrected chi connectivity index (χ2v) is 4.04. The number of rotatable bonds is 0. The fraction of sp³-hybridized carbons (Fsp3) is 1.00. The maximum Gasteiger partial charge on any atom is 0.0605 e. The molecule has 1 fully saturated rings. The summed E-state index contributed by atoms with van der Waals surface area (Å²) in [5.41, 5.74) is 5.78. The maximum absolute atomic E-state index is 9.53. The lowest BCUT2D eigenvalue weighted by Gasteiger charge is -2.37. The van der Waals surface area contributed by atoms with Crippen LogP contribution < -0.4 is 5.73 Å². The minimum atomic E-state index is -0.198. The molecule has 0 unspecified atom stereocenters. The van der Waals surface area contributed by atoms with E-state index in [1.54, 1.807) is 0 Å². The van der Waals surface area contributed by atoms with Crippen LogP contribution in [0.15, 0.2) is 0 Å². The first kappa shape index (κ1) is 8.02. The molecule has 60 valence electrons. The Kier molecular flexibility index (Phi) is 2.02. The summed E-state index contributed by atoms with van der Waals surface area (Å²) < 4.78 is 0. The first-order valence-corrected chi connectivity index (χ1v) is 3.96. The van der Waals surface area contributed by atoms with Crippen molar-refractivity contribution in [3.63, 3.8) is 0 Å². The van der Waals surface area contributed by atoms with Crippen molar-refractivity contribution in [3.05, 3.63) is 0 Å². The van der Waals surface area contributed by atoms with E-state index < -0.39 is 0 Å². The zero-order chi connectivity index (χ0) is 7.78. The molecule has 0 amide bonds. The quantitative estimate of drug-likeness (QED) is 0.529. The van der Waals surface area contributed by atoms with Crippen LogP contribution in [0.3, 0.4) is 0 Å². The van der Waals surface area contributed by atoms with Gasteiger partial charge in [-0.1, -0.05) is 13.8 Å². The largest absolute Gasteiger partial charge is 0.393 e. The first-order chi connectivity index (χ1) is 4.52. The minimum Gasteiger partial charge on any atom is -0.393 e. The SMILES string of the molecule is CC1(C)CC[C@H](N)C[C@@H]1O. The van der Waals surface area contributed by atoms with Gasteiger partial charge in [-0.15, -0.1) is 0 Å². The van der Waals surface area contributed by atoms with Crippen LogP contribution in [0.2, 0.25) is 0 Å². The number of hydrogen-bond donors (Lipinski definition) is 2. The smallest absolute Gasteiger partial charge is 0.0605 e. The van der Waals surface area contributed by atoms with E-state index in [2.05, 4.69) is 13.8 Å². The Labute approximate surface area is 62.4 Å². The molecule has 2 nitrogen and oxygen atoms in total. The summed E-state index contributed by atoms with van der Waals surface area (Å²) in [6.45, 7) is 4.20. The third-order valence-electron chi connectivity index (χ3n) is 2.59. The van der Waals surface area contributed by atoms with E-state index >= 15 is 0 Å². The van der Waals surface area contributed by atoms with Crippen LogP contribution in [-0.2, 0) is 0 Å². The van der Waals surface area contributed by atoms with Crippen LogP contribution in [0.4, 0.5) is 0 Å². The fourth-order valence-electron chi connectivity index (χ4n) is 1.45. The average Bonchev–Trinajstić information content (AvgIpc) is 1.81. The minimum absolute atomic E-state index is 0.0931. The molecule has 0 aliphatic heterocycles. The van der Waals surface area contributed by atoms with Crippen molar-refractivity contribution in [3.8, 4) is 0 Å². The number of hydrogen-bond acceptors (Lipinski definition) is 2. The summed E-state index contributed by atoms with van der Waals surface area (Å²) in [5.74, 6) is 0. The Bertz CT molecular complexity index is 122. The number of nitrogens with two attached hydrogens (primary N) is 1. The van der Waals surface area contributed by atoms with Gasteiger partial charge in [0.15, 0.2) is 0 Å². The number of aliphatic hydroxyl groups is 1. The Morgan fingerprint density at radius 2 is 2.10 bits per heavy atom. The van der Waals surface area contributed by atoms with Gasteiger partial charge in [0.1, 0.15) is 0 Å². The molecule has 2 atom stereocenters. The first-order valence-electron chi connectivity index (χ1n) is 3.96. The van der Waals surface area contributed by atoms with Gasteiger partial charge in [0, 0.05) is 6.04 Å². The highest BCUT2D eigenvalue weighted by Crippen LogP contribution is 2.34. The molecule has 1 aliphatic rings. The van der Waals surface area contributed by atoms with Gasteiger partial charge in [-0.25, -0.2) is 0 Å². The lowest BCUT2D eigenvalue weighted by atomic mass is 9.73. The Morgan fingerprint density at radius 3 is 2.50 bits per heavy atom. The summed E-state index contributed by atoms with van der Waals surface area (Å²) >= 11 is 0. The number of aliphatic hydroxyl groups excluding tert-OH is 1. The van der Waals surface area contributed by atoms with Crippen LogP contribution in [0.25, 0.3) is 0 Å². The average molecular weight is 143 g/mol. The van der Waals surface area contributed by atoms with Crippen molar-refractivity contribution in [2.75, 3.05) is 0 Å². The van der Waals surface area contributed by atoms with E-state index in [9.17, 15) is 5.11 Å². The molecule has 1 aliphatic carbocycles. The van der Waals surface area contributed by atoms with Crippen molar-refractivity contribution in [1.29, 1.82) is 0 Å². The molecule has 3 N–H and O–H groups in total. The molecule has 0 aromatic heterocycles. The van der Waals surface area contributed by atoms with Gasteiger partial charge < -0.3 is 10.8 Å². The molecule has 1 rings (SSSR count). The molecule has 2 heteroatoms. The maximum atomic E-state index is 9.53. The standard InChI is InChI=1S/C8H17NO/c1-8(2)4-3-6(9)5-7(8)10/h6-7,10H,3-5,9H2,1-2H3/t6-,7-/m0/s1. The molecule has 1 saturated carbocycles. The molecular formula is C8H17NO. The second-order valence-electron chi connectivity index (χ2n) is 4.04. The zero-order valence-electron chi connectivity index (χ0n) is 6.80. The predicted octanol–water partition coefficient (Wildman–Crippen LogP) is 0.885. The molecule has 0 saturated heterocycles. The molecule has 0 aromatic rings. The van der Waals surface area contributed by atoms with Gasteiger partial charge in [0.25, 0.3) is 0 Å². The summed E-state index contributed by atoms with van der Waals surface area (Å²) in [6.07, 6.45) is 2.68. The Morgan fingerprint density at radius 1 is 1.50 bits per heavy atom. The van der Waals surface area contributed by atoms with Gasteiger partial charge in [-0.2, -0.15) is 0 Å². The van der Waals surface area contributed by atoms with Crippen LogP contribution >= 0.6 is 0 Å². The third kappa shape index (κ3) is 1.50. The van der Waals surface area contributed by atoms with Gasteiger partial charge in [-0.3, -0.25) is 0 Å². The Balaban J connectivity index is 2.52. The normalized spacial score (nSPS) is 39.6. The van der Waals surface area contributed by atoms with Crippen molar-refractivity contribution >= 4 is 0 Å². The van der Waals surface area contributed by atoms with E-state index in [4.69, 9.17) is 5.73 Å². The molecular weight excluding hydrogens is 126 g/mol. The summed E-state index contributed by atoms with van der Waals surface area (Å²) in [5, 5.41) is 9.53. The highest BCUT2D eigenvalue weighted by atomic mass is 16.3. The highest BCUT2D eigenvalue weighted by Gasteiger charge is 2.33. The molecule has 0 aromatic carbocycles. The fourth-order valence-corrected chi connectivity index (χ4v) is 1.45. The highest BCUT2D eigenvalue weighted by molar-refractivity contribution is 4.87. The molecule has 0 radical (unpaired) electrons. The van der Waals surface area contributed by atoms with Crippen molar-refractivity contribution in [1.82, 2.24) is 0 Å². The molecule has 0 bridgehead atoms. The lowest BCUT2D eigenvalue weighted by Crippen LogP contribution is -2.41. The summed E-state index contributed by atoms with van der Waals surface area (Å²) in [4.78, 5) is 0. The molecule has 0 heterocycles. The predicted molar refractivity (Wildman–Crippen MR) is 41.6 cm³/mol. The summed E-state index contributed by atoms with van der Waals surface area (Å²) in [6, 6.07) is 0.225. The Hall–Kier alpha value is -0.0800. The topological polar surface area (TPSA) is 46.2 Å². The van der Waals surface area contributed by atoms with E-state index in [1.807, 2.05) is 0 Å². The van der Waals surface area contributed by atoms with Gasteiger partial charge in [0.2, 0.25) is 0 Å². The van der Waals surface area contributed by atoms with Crippen LogP contribution in [-0.4, -0.2) is 17.3 Å². The van der Waals surface area contributed by atoms with Gasteiger partial charge in [-0.05, 0) is 24.7 Å².